The van der Waals surface area contributed by atoms with E-state index in [-0.39, 0.29) is 0 Å². The second-order valence-electron chi connectivity index (χ2n) is 3.69. The van der Waals surface area contributed by atoms with Gasteiger partial charge in [-0.25, -0.2) is 0 Å². The number of hydrogen-bond donors (Lipinski definition) is 2. The first-order valence-corrected chi connectivity index (χ1v) is 6.80. The summed E-state index contributed by atoms with van der Waals surface area (Å²) in [5, 5.41) is 7.75. The molecule has 0 aliphatic rings. The Balaban J connectivity index is 2.43. The van der Waals surface area contributed by atoms with Crippen LogP contribution >= 0.6 is 35.4 Å². The third-order valence-electron chi connectivity index (χ3n) is 2.27. The van der Waals surface area contributed by atoms with Gasteiger partial charge in [0.25, 0.3) is 0 Å². The molecule has 2 nitrogen and oxygen atoms in total. The first-order chi connectivity index (χ1) is 8.15. The van der Waals surface area contributed by atoms with E-state index in [0.717, 1.165) is 18.7 Å². The molecule has 17 heavy (non-hydrogen) atoms. The number of rotatable bonds is 5. The zero-order valence-corrected chi connectivity index (χ0v) is 12.1. The molecule has 0 aliphatic heterocycles. The standard InChI is InChI=1S/C12H16Cl2N2S/c1-2-3-4-8-15-12(17)16-10-7-5-6-9(13)11(10)14/h5-7H,2-4,8H2,1H3,(H2,15,16,17). The summed E-state index contributed by atoms with van der Waals surface area (Å²) in [7, 11) is 0. The molecule has 0 fully saturated rings. The summed E-state index contributed by atoms with van der Waals surface area (Å²) < 4.78 is 0. The van der Waals surface area contributed by atoms with Crippen LogP contribution in [0.2, 0.25) is 10.0 Å². The van der Waals surface area contributed by atoms with Crippen LogP contribution in [0.25, 0.3) is 0 Å². The van der Waals surface area contributed by atoms with E-state index < -0.39 is 0 Å². The van der Waals surface area contributed by atoms with Gasteiger partial charge in [0.1, 0.15) is 0 Å². The first kappa shape index (κ1) is 14.6. The van der Waals surface area contributed by atoms with Gasteiger partial charge in [-0.3, -0.25) is 0 Å². The number of anilines is 1. The lowest BCUT2D eigenvalue weighted by Crippen LogP contribution is -2.29. The van der Waals surface area contributed by atoms with Crippen molar-refractivity contribution in [1.29, 1.82) is 0 Å². The Bertz CT molecular complexity index is 383. The largest absolute Gasteiger partial charge is 0.362 e. The number of benzene rings is 1. The second kappa shape index (κ2) is 7.75. The maximum absolute atomic E-state index is 6.04. The smallest absolute Gasteiger partial charge is 0.170 e. The molecule has 0 aliphatic carbocycles. The van der Waals surface area contributed by atoms with Gasteiger partial charge < -0.3 is 10.6 Å². The van der Waals surface area contributed by atoms with Gasteiger partial charge in [0.05, 0.1) is 15.7 Å². The highest BCUT2D eigenvalue weighted by Crippen LogP contribution is 2.29. The molecule has 1 aromatic carbocycles. The molecule has 5 heteroatoms. The first-order valence-electron chi connectivity index (χ1n) is 5.64. The van der Waals surface area contributed by atoms with Gasteiger partial charge in [-0.15, -0.1) is 0 Å². The molecule has 1 aromatic rings. The van der Waals surface area contributed by atoms with Crippen molar-refractivity contribution in [2.75, 3.05) is 11.9 Å². The summed E-state index contributed by atoms with van der Waals surface area (Å²) in [6.45, 7) is 3.04. The average molecular weight is 291 g/mol. The number of unbranched alkanes of at least 4 members (excludes halogenated alkanes) is 2. The predicted molar refractivity (Wildman–Crippen MR) is 80.2 cm³/mol. The maximum atomic E-state index is 6.04. The van der Waals surface area contributed by atoms with Crippen molar-refractivity contribution in [3.8, 4) is 0 Å². The van der Waals surface area contributed by atoms with Gasteiger partial charge in [-0.2, -0.15) is 0 Å². The molecule has 0 radical (unpaired) electrons. The third-order valence-corrected chi connectivity index (χ3v) is 3.33. The van der Waals surface area contributed by atoms with Crippen LogP contribution in [0.15, 0.2) is 18.2 Å². The van der Waals surface area contributed by atoms with Crippen molar-refractivity contribution in [3.05, 3.63) is 28.2 Å². The summed E-state index contributed by atoms with van der Waals surface area (Å²) >= 11 is 17.1. The summed E-state index contributed by atoms with van der Waals surface area (Å²) in [6.07, 6.45) is 3.51. The van der Waals surface area contributed by atoms with Gasteiger partial charge in [0.2, 0.25) is 0 Å². The fraction of sp³-hybridized carbons (Fsp3) is 0.417. The number of nitrogens with one attached hydrogen (secondary N) is 2. The Kier molecular flexibility index (Phi) is 6.63. The van der Waals surface area contributed by atoms with Crippen LogP contribution in [0, 0.1) is 0 Å². The van der Waals surface area contributed by atoms with Gasteiger partial charge in [0.15, 0.2) is 5.11 Å². The number of halogens is 2. The van der Waals surface area contributed by atoms with Crippen molar-refractivity contribution < 1.29 is 0 Å². The average Bonchev–Trinajstić information content (AvgIpc) is 2.31. The second-order valence-corrected chi connectivity index (χ2v) is 4.88. The third kappa shape index (κ3) is 5.11. The van der Waals surface area contributed by atoms with Crippen LogP contribution in [-0.2, 0) is 0 Å². The van der Waals surface area contributed by atoms with Crippen molar-refractivity contribution in [1.82, 2.24) is 5.32 Å². The van der Waals surface area contributed by atoms with Gasteiger partial charge in [0, 0.05) is 6.54 Å². The van der Waals surface area contributed by atoms with E-state index in [0.29, 0.717) is 15.2 Å². The molecule has 0 atom stereocenters. The van der Waals surface area contributed by atoms with Gasteiger partial charge in [-0.05, 0) is 30.8 Å². The van der Waals surface area contributed by atoms with Crippen LogP contribution in [0.4, 0.5) is 5.69 Å². The highest BCUT2D eigenvalue weighted by Gasteiger charge is 2.05. The number of hydrogen-bond acceptors (Lipinski definition) is 1. The fourth-order valence-electron chi connectivity index (χ4n) is 1.34. The fourth-order valence-corrected chi connectivity index (χ4v) is 1.90. The lowest BCUT2D eigenvalue weighted by Gasteiger charge is -2.12. The molecule has 0 aromatic heterocycles. The van der Waals surface area contributed by atoms with Crippen molar-refractivity contribution >= 4 is 46.2 Å². The molecule has 94 valence electrons. The van der Waals surface area contributed by atoms with E-state index in [1.807, 2.05) is 12.1 Å². The molecule has 0 spiro atoms. The Morgan fingerprint density at radius 2 is 2.06 bits per heavy atom. The molecule has 0 unspecified atom stereocenters. The van der Waals surface area contributed by atoms with Crippen LogP contribution in [0.1, 0.15) is 26.2 Å². The van der Waals surface area contributed by atoms with Crippen molar-refractivity contribution in [2.45, 2.75) is 26.2 Å². The lowest BCUT2D eigenvalue weighted by molar-refractivity contribution is 0.698. The van der Waals surface area contributed by atoms with E-state index in [1.165, 1.54) is 12.8 Å². The molecule has 0 saturated heterocycles. The SMILES string of the molecule is CCCCCNC(=S)Nc1cccc(Cl)c1Cl. The minimum atomic E-state index is 0.492. The van der Waals surface area contributed by atoms with Crippen LogP contribution < -0.4 is 10.6 Å². The summed E-state index contributed by atoms with van der Waals surface area (Å²) in [5.74, 6) is 0. The minimum Gasteiger partial charge on any atom is -0.362 e. The molecule has 0 bridgehead atoms. The molecule has 2 N–H and O–H groups in total. The normalized spacial score (nSPS) is 10.1. The molecular weight excluding hydrogens is 275 g/mol. The Morgan fingerprint density at radius 1 is 1.29 bits per heavy atom. The van der Waals surface area contributed by atoms with Crippen LogP contribution in [-0.4, -0.2) is 11.7 Å². The molecule has 0 saturated carbocycles. The molecule has 0 heterocycles. The van der Waals surface area contributed by atoms with E-state index >= 15 is 0 Å². The maximum Gasteiger partial charge on any atom is 0.170 e. The number of thiocarbonyl (C=S) groups is 1. The summed E-state index contributed by atoms with van der Waals surface area (Å²) in [6, 6.07) is 5.41. The van der Waals surface area contributed by atoms with Crippen molar-refractivity contribution in [2.24, 2.45) is 0 Å². The van der Waals surface area contributed by atoms with Crippen molar-refractivity contribution in [3.63, 3.8) is 0 Å². The van der Waals surface area contributed by atoms with E-state index in [4.69, 9.17) is 35.4 Å². The quantitative estimate of drug-likeness (QED) is 0.618. The Hall–Kier alpha value is -0.510. The Labute approximate surface area is 118 Å². The van der Waals surface area contributed by atoms with Crippen LogP contribution in [0.3, 0.4) is 0 Å². The van der Waals surface area contributed by atoms with Crippen LogP contribution in [0.5, 0.6) is 0 Å². The summed E-state index contributed by atoms with van der Waals surface area (Å²) in [4.78, 5) is 0. The van der Waals surface area contributed by atoms with E-state index in [2.05, 4.69) is 17.6 Å². The molecular formula is C12H16Cl2N2S. The lowest BCUT2D eigenvalue weighted by atomic mass is 10.2. The highest BCUT2D eigenvalue weighted by atomic mass is 35.5. The van der Waals surface area contributed by atoms with E-state index in [1.54, 1.807) is 6.07 Å². The topological polar surface area (TPSA) is 24.1 Å². The minimum absolute atomic E-state index is 0.492. The highest BCUT2D eigenvalue weighted by molar-refractivity contribution is 7.80. The Morgan fingerprint density at radius 3 is 2.76 bits per heavy atom. The van der Waals surface area contributed by atoms with Gasteiger partial charge in [-0.1, -0.05) is 49.0 Å². The zero-order valence-electron chi connectivity index (χ0n) is 9.72. The molecule has 1 rings (SSSR count). The summed E-state index contributed by atoms with van der Waals surface area (Å²) in [5.41, 5.74) is 0.729. The predicted octanol–water partition coefficient (Wildman–Crippen LogP) is 4.47. The van der Waals surface area contributed by atoms with Gasteiger partial charge >= 0.3 is 0 Å². The van der Waals surface area contributed by atoms with E-state index in [9.17, 15) is 0 Å². The molecule has 0 amide bonds. The monoisotopic (exact) mass is 290 g/mol. The zero-order chi connectivity index (χ0) is 12.7.